The monoisotopic (exact) mass is 290 g/mol. The lowest BCUT2D eigenvalue weighted by molar-refractivity contribution is -0.197. The molecule has 3 nitrogen and oxygen atoms in total. The van der Waals surface area contributed by atoms with E-state index in [0.29, 0.717) is 12.3 Å². The Morgan fingerprint density at radius 3 is 2.62 bits per heavy atom. The van der Waals surface area contributed by atoms with Gasteiger partial charge in [0.15, 0.2) is 0 Å². The van der Waals surface area contributed by atoms with Crippen molar-refractivity contribution in [2.24, 2.45) is 11.8 Å². The maximum atomic E-state index is 10.9. The topological polar surface area (TPSA) is 38.7 Å². The Balaban J connectivity index is 1.80. The van der Waals surface area contributed by atoms with Gasteiger partial charge in [0.05, 0.1) is 24.9 Å². The standard InChI is InChI=1S/C18H26O3/c1-12-4-9-15-16(10-12)21-17(11-18(15,2)19)13-5-7-14(20-3)8-6-13/h5-8,12,15-17,19H,4,9-11H2,1-3H3/t12-,15-,16-,17-,18-/m1/s1. The fourth-order valence-corrected chi connectivity index (χ4v) is 3.99. The van der Waals surface area contributed by atoms with E-state index in [0.717, 1.165) is 24.2 Å². The quantitative estimate of drug-likeness (QED) is 0.902. The third-order valence-electron chi connectivity index (χ3n) is 5.28. The minimum Gasteiger partial charge on any atom is -0.497 e. The number of rotatable bonds is 2. The highest BCUT2D eigenvalue weighted by Gasteiger charge is 2.47. The van der Waals surface area contributed by atoms with Gasteiger partial charge >= 0.3 is 0 Å². The van der Waals surface area contributed by atoms with E-state index < -0.39 is 5.60 Å². The van der Waals surface area contributed by atoms with Crippen LogP contribution in [0.2, 0.25) is 0 Å². The van der Waals surface area contributed by atoms with E-state index >= 15 is 0 Å². The zero-order chi connectivity index (χ0) is 15.0. The summed E-state index contributed by atoms with van der Waals surface area (Å²) in [5.74, 6) is 1.82. The molecule has 0 amide bonds. The van der Waals surface area contributed by atoms with Crippen LogP contribution in [0.15, 0.2) is 24.3 Å². The summed E-state index contributed by atoms with van der Waals surface area (Å²) in [5.41, 5.74) is 0.501. The summed E-state index contributed by atoms with van der Waals surface area (Å²) < 4.78 is 11.6. The lowest BCUT2D eigenvalue weighted by Crippen LogP contribution is -2.51. The molecule has 21 heavy (non-hydrogen) atoms. The molecule has 1 aromatic carbocycles. The Kier molecular flexibility index (Phi) is 3.98. The van der Waals surface area contributed by atoms with E-state index in [9.17, 15) is 5.11 Å². The summed E-state index contributed by atoms with van der Waals surface area (Å²) in [7, 11) is 1.67. The van der Waals surface area contributed by atoms with Crippen LogP contribution in [0.4, 0.5) is 0 Å². The predicted octanol–water partition coefficient (Wildman–Crippen LogP) is 3.71. The van der Waals surface area contributed by atoms with Crippen LogP contribution < -0.4 is 4.74 Å². The Bertz CT molecular complexity index is 480. The molecule has 116 valence electrons. The number of aliphatic hydroxyl groups is 1. The second-order valence-corrected chi connectivity index (χ2v) is 7.02. The normalized spacial score (nSPS) is 39.6. The summed E-state index contributed by atoms with van der Waals surface area (Å²) in [6.45, 7) is 4.27. The zero-order valence-corrected chi connectivity index (χ0v) is 13.2. The molecule has 0 spiro atoms. The molecule has 5 atom stereocenters. The van der Waals surface area contributed by atoms with Gasteiger partial charge in [-0.15, -0.1) is 0 Å². The highest BCUT2D eigenvalue weighted by molar-refractivity contribution is 5.29. The van der Waals surface area contributed by atoms with Crippen LogP contribution in [-0.2, 0) is 4.74 Å². The first kappa shape index (κ1) is 14.9. The third-order valence-corrected chi connectivity index (χ3v) is 5.28. The Labute approximate surface area is 127 Å². The summed E-state index contributed by atoms with van der Waals surface area (Å²) in [6.07, 6.45) is 4.19. The molecule has 1 aliphatic carbocycles. The zero-order valence-electron chi connectivity index (χ0n) is 13.2. The highest BCUT2D eigenvalue weighted by atomic mass is 16.5. The number of hydrogen-bond acceptors (Lipinski definition) is 3. The van der Waals surface area contributed by atoms with Gasteiger partial charge in [-0.05, 0) is 43.4 Å². The number of methoxy groups -OCH3 is 1. The maximum Gasteiger partial charge on any atom is 0.118 e. The molecule has 3 rings (SSSR count). The minimum absolute atomic E-state index is 0.0162. The Morgan fingerprint density at radius 2 is 1.95 bits per heavy atom. The van der Waals surface area contributed by atoms with Crippen molar-refractivity contribution in [1.82, 2.24) is 0 Å². The van der Waals surface area contributed by atoms with Gasteiger partial charge in [-0.3, -0.25) is 0 Å². The van der Waals surface area contributed by atoms with Gasteiger partial charge in [-0.25, -0.2) is 0 Å². The molecular formula is C18H26O3. The molecule has 0 radical (unpaired) electrons. The van der Waals surface area contributed by atoms with Crippen LogP contribution in [0.5, 0.6) is 5.75 Å². The largest absolute Gasteiger partial charge is 0.497 e. The molecule has 1 aliphatic heterocycles. The van der Waals surface area contributed by atoms with Gasteiger partial charge in [0.2, 0.25) is 0 Å². The first-order valence-electron chi connectivity index (χ1n) is 8.01. The SMILES string of the molecule is COc1ccc([C@H]2C[C@@](C)(O)[C@@H]3CC[C@@H](C)C[C@H]3O2)cc1. The molecule has 2 fully saturated rings. The molecule has 1 N–H and O–H groups in total. The van der Waals surface area contributed by atoms with Crippen LogP contribution in [0.25, 0.3) is 0 Å². The molecule has 0 unspecified atom stereocenters. The smallest absolute Gasteiger partial charge is 0.118 e. The van der Waals surface area contributed by atoms with Crippen LogP contribution in [-0.4, -0.2) is 23.9 Å². The molecule has 0 aromatic heterocycles. The number of hydrogen-bond donors (Lipinski definition) is 1. The third kappa shape index (κ3) is 2.95. The van der Waals surface area contributed by atoms with Gasteiger partial charge in [-0.2, -0.15) is 0 Å². The van der Waals surface area contributed by atoms with Crippen molar-refractivity contribution in [2.75, 3.05) is 7.11 Å². The molecule has 0 bridgehead atoms. The lowest BCUT2D eigenvalue weighted by Gasteiger charge is -2.49. The van der Waals surface area contributed by atoms with E-state index in [1.54, 1.807) is 7.11 Å². The van der Waals surface area contributed by atoms with Crippen LogP contribution in [0.1, 0.15) is 51.2 Å². The van der Waals surface area contributed by atoms with Gasteiger partial charge in [0.1, 0.15) is 5.75 Å². The van der Waals surface area contributed by atoms with Gasteiger partial charge in [0.25, 0.3) is 0 Å². The van der Waals surface area contributed by atoms with Crippen LogP contribution >= 0.6 is 0 Å². The minimum atomic E-state index is -0.631. The van der Waals surface area contributed by atoms with Crippen molar-refractivity contribution in [1.29, 1.82) is 0 Å². The lowest BCUT2D eigenvalue weighted by atomic mass is 9.68. The van der Waals surface area contributed by atoms with Crippen molar-refractivity contribution in [3.8, 4) is 5.75 Å². The molecule has 1 aromatic rings. The molecule has 1 saturated carbocycles. The first-order valence-corrected chi connectivity index (χ1v) is 8.01. The predicted molar refractivity (Wildman–Crippen MR) is 82.4 cm³/mol. The molecule has 3 heteroatoms. The van der Waals surface area contributed by atoms with E-state index in [4.69, 9.17) is 9.47 Å². The average Bonchev–Trinajstić information content (AvgIpc) is 2.46. The molecule has 1 saturated heterocycles. The van der Waals surface area contributed by atoms with Crippen molar-refractivity contribution in [3.05, 3.63) is 29.8 Å². The van der Waals surface area contributed by atoms with Crippen LogP contribution in [0, 0.1) is 11.8 Å². The molecule has 2 aliphatic rings. The van der Waals surface area contributed by atoms with Crippen LogP contribution in [0.3, 0.4) is 0 Å². The van der Waals surface area contributed by atoms with Crippen molar-refractivity contribution in [2.45, 2.75) is 57.3 Å². The second kappa shape index (κ2) is 5.62. The van der Waals surface area contributed by atoms with Gasteiger partial charge in [0, 0.05) is 12.3 Å². The van der Waals surface area contributed by atoms with Gasteiger partial charge in [-0.1, -0.05) is 25.5 Å². The van der Waals surface area contributed by atoms with Crippen molar-refractivity contribution >= 4 is 0 Å². The number of fused-ring (bicyclic) bond motifs is 1. The summed E-state index contributed by atoms with van der Waals surface area (Å²) in [4.78, 5) is 0. The van der Waals surface area contributed by atoms with E-state index in [2.05, 4.69) is 6.92 Å². The fourth-order valence-electron chi connectivity index (χ4n) is 3.99. The average molecular weight is 290 g/mol. The van der Waals surface area contributed by atoms with Gasteiger partial charge < -0.3 is 14.6 Å². The number of ether oxygens (including phenoxy) is 2. The molecule has 1 heterocycles. The van der Waals surface area contributed by atoms with E-state index in [1.807, 2.05) is 31.2 Å². The summed E-state index contributed by atoms with van der Waals surface area (Å²) in [5, 5.41) is 10.9. The fraction of sp³-hybridized carbons (Fsp3) is 0.667. The first-order chi connectivity index (χ1) is 9.99. The van der Waals surface area contributed by atoms with E-state index in [1.165, 1.54) is 6.42 Å². The summed E-state index contributed by atoms with van der Waals surface area (Å²) in [6, 6.07) is 8.02. The van der Waals surface area contributed by atoms with Crippen molar-refractivity contribution < 1.29 is 14.6 Å². The molecular weight excluding hydrogens is 264 g/mol. The summed E-state index contributed by atoms with van der Waals surface area (Å²) >= 11 is 0. The Hall–Kier alpha value is -1.06. The van der Waals surface area contributed by atoms with E-state index in [-0.39, 0.29) is 18.1 Å². The second-order valence-electron chi connectivity index (χ2n) is 7.02. The highest BCUT2D eigenvalue weighted by Crippen LogP contribution is 2.47. The van der Waals surface area contributed by atoms with Crippen molar-refractivity contribution in [3.63, 3.8) is 0 Å². The number of benzene rings is 1. The maximum absolute atomic E-state index is 10.9. The Morgan fingerprint density at radius 1 is 1.24 bits per heavy atom.